The zero-order chi connectivity index (χ0) is 21.9. The number of hydrogen-bond donors (Lipinski definition) is 0. The van der Waals surface area contributed by atoms with Gasteiger partial charge in [-0.25, -0.2) is 14.1 Å². The summed E-state index contributed by atoms with van der Waals surface area (Å²) in [5, 5.41) is 11.9. The Labute approximate surface area is 165 Å². The molecule has 3 rings (SSSR count). The lowest BCUT2D eigenvalue weighted by atomic mass is 9.91. The summed E-state index contributed by atoms with van der Waals surface area (Å²) in [7, 11) is 0. The van der Waals surface area contributed by atoms with Crippen molar-refractivity contribution >= 4 is 23.7 Å². The van der Waals surface area contributed by atoms with Crippen LogP contribution in [0.4, 0.5) is 14.9 Å². The Morgan fingerprint density at radius 2 is 1.97 bits per heavy atom. The van der Waals surface area contributed by atoms with E-state index < -0.39 is 51.2 Å². The van der Waals surface area contributed by atoms with E-state index in [-0.39, 0.29) is 17.9 Å². The lowest BCUT2D eigenvalue weighted by Gasteiger charge is -2.24. The van der Waals surface area contributed by atoms with Gasteiger partial charge in [-0.05, 0) is 45.9 Å². The largest absolute Gasteiger partial charge is 0.466 e. The predicted molar refractivity (Wildman–Crippen MR) is 97.3 cm³/mol. The topological polar surface area (TPSA) is 116 Å². The fraction of sp³-hybridized carbons (Fsp3) is 0.526. The van der Waals surface area contributed by atoms with Crippen molar-refractivity contribution in [1.82, 2.24) is 0 Å². The summed E-state index contributed by atoms with van der Waals surface area (Å²) in [5.74, 6) is -4.24. The molecule has 0 aromatic heterocycles. The Hall–Kier alpha value is -3.04. The molecule has 0 radical (unpaired) electrons. The zero-order valence-corrected chi connectivity index (χ0v) is 16.6. The molecule has 1 saturated carbocycles. The third-order valence-corrected chi connectivity index (χ3v) is 5.35. The molecule has 1 aromatic carbocycles. The molecule has 156 valence electrons. The Morgan fingerprint density at radius 3 is 2.48 bits per heavy atom. The molecule has 1 fully saturated rings. The van der Waals surface area contributed by atoms with Crippen molar-refractivity contribution in [3.05, 3.63) is 39.7 Å². The summed E-state index contributed by atoms with van der Waals surface area (Å²) in [6, 6.07) is 3.13. The quantitative estimate of drug-likeness (QED) is 0.429. The monoisotopic (exact) mass is 408 g/mol. The lowest BCUT2D eigenvalue weighted by molar-refractivity contribution is -0.540. The van der Waals surface area contributed by atoms with Crippen molar-refractivity contribution in [3.63, 3.8) is 0 Å². The van der Waals surface area contributed by atoms with Crippen molar-refractivity contribution in [2.45, 2.75) is 51.2 Å². The van der Waals surface area contributed by atoms with Crippen LogP contribution in [0.25, 0.3) is 0 Å². The zero-order valence-electron chi connectivity index (χ0n) is 16.6. The first-order chi connectivity index (χ1) is 13.3. The summed E-state index contributed by atoms with van der Waals surface area (Å²) in [6.07, 6.45) is -1.06. The number of imide groups is 1. The minimum atomic E-state index is -2.10. The Balaban J connectivity index is 2.22. The fourth-order valence-electron chi connectivity index (χ4n) is 4.16. The highest BCUT2D eigenvalue weighted by Crippen LogP contribution is 2.70. The van der Waals surface area contributed by atoms with Gasteiger partial charge in [-0.15, -0.1) is 0 Å². The predicted octanol–water partition coefficient (Wildman–Crippen LogP) is 2.57. The number of rotatable bonds is 3. The minimum absolute atomic E-state index is 0.0504. The molecule has 1 spiro atoms. The third-order valence-electron chi connectivity index (χ3n) is 5.35. The Morgan fingerprint density at radius 1 is 1.34 bits per heavy atom. The molecule has 1 aliphatic heterocycles. The molecule has 0 bridgehead atoms. The molecule has 2 aliphatic rings. The van der Waals surface area contributed by atoms with Crippen LogP contribution in [0.1, 0.15) is 40.2 Å². The molecule has 3 atom stereocenters. The van der Waals surface area contributed by atoms with Crippen LogP contribution in [-0.2, 0) is 24.5 Å². The summed E-state index contributed by atoms with van der Waals surface area (Å²) in [5.41, 5.74) is -5.27. The first-order valence-electron chi connectivity index (χ1n) is 9.02. The van der Waals surface area contributed by atoms with E-state index in [1.807, 2.05) is 0 Å². The van der Waals surface area contributed by atoms with Crippen molar-refractivity contribution in [2.24, 2.45) is 5.92 Å². The highest BCUT2D eigenvalue weighted by Gasteiger charge is 2.94. The number of fused-ring (bicyclic) bond motifs is 2. The van der Waals surface area contributed by atoms with Crippen LogP contribution in [0.3, 0.4) is 0 Å². The SMILES string of the molecule is CCOC(=O)[C@@H]1[C@@](C)([N+](=O)[O-])[C@@]12C(=O)N(C(=O)OC(C)(C)C)c1ccc(F)cc12. The average molecular weight is 408 g/mol. The van der Waals surface area contributed by atoms with Crippen molar-refractivity contribution < 1.29 is 33.2 Å². The summed E-state index contributed by atoms with van der Waals surface area (Å²) < 4.78 is 24.3. The maximum absolute atomic E-state index is 14.1. The second kappa shape index (κ2) is 6.23. The molecule has 10 heteroatoms. The van der Waals surface area contributed by atoms with Gasteiger partial charge in [-0.3, -0.25) is 19.7 Å². The van der Waals surface area contributed by atoms with E-state index in [9.17, 15) is 28.9 Å². The number of ether oxygens (including phenoxy) is 2. The van der Waals surface area contributed by atoms with Gasteiger partial charge in [0.2, 0.25) is 0 Å². The normalized spacial score (nSPS) is 27.6. The van der Waals surface area contributed by atoms with Crippen LogP contribution in [0.5, 0.6) is 0 Å². The number of amides is 2. The van der Waals surface area contributed by atoms with Crippen LogP contribution in [0.15, 0.2) is 18.2 Å². The first kappa shape index (κ1) is 20.7. The molecule has 2 amide bonds. The number of carbonyl (C=O) groups excluding carboxylic acids is 3. The maximum atomic E-state index is 14.1. The second-order valence-electron chi connectivity index (χ2n) is 8.18. The van der Waals surface area contributed by atoms with Gasteiger partial charge in [0.1, 0.15) is 11.4 Å². The van der Waals surface area contributed by atoms with Crippen molar-refractivity contribution in [2.75, 3.05) is 11.5 Å². The smallest absolute Gasteiger partial charge is 0.421 e. The standard InChI is InChI=1S/C19H21FN2O7/c1-6-28-14(23)13-18(5,22(26)27)19(13)11-9-10(20)7-8-12(11)21(15(19)24)16(25)29-17(2,3)4/h7-9,13H,6H2,1-5H3/t13-,18-,19-/m1/s1. The van der Waals surface area contributed by atoms with Gasteiger partial charge in [0, 0.05) is 17.4 Å². The van der Waals surface area contributed by atoms with Gasteiger partial charge >= 0.3 is 12.1 Å². The second-order valence-corrected chi connectivity index (χ2v) is 8.18. The number of anilines is 1. The molecule has 0 saturated heterocycles. The molecule has 29 heavy (non-hydrogen) atoms. The summed E-state index contributed by atoms with van der Waals surface area (Å²) >= 11 is 0. The van der Waals surface area contributed by atoms with Crippen LogP contribution in [0, 0.1) is 21.8 Å². The van der Waals surface area contributed by atoms with Gasteiger partial charge in [0.05, 0.1) is 12.3 Å². The number of nitrogens with zero attached hydrogens (tertiary/aromatic N) is 2. The molecule has 0 N–H and O–H groups in total. The highest BCUT2D eigenvalue weighted by atomic mass is 19.1. The molecular formula is C19H21FN2O7. The van der Waals surface area contributed by atoms with E-state index in [4.69, 9.17) is 9.47 Å². The number of halogens is 1. The summed E-state index contributed by atoms with van der Waals surface area (Å²) in [4.78, 5) is 50.5. The van der Waals surface area contributed by atoms with Crippen LogP contribution in [-0.4, -0.2) is 40.6 Å². The Bertz CT molecular complexity index is 941. The molecule has 9 nitrogen and oxygen atoms in total. The van der Waals surface area contributed by atoms with Crippen molar-refractivity contribution in [3.8, 4) is 0 Å². The van der Waals surface area contributed by atoms with Crippen LogP contribution < -0.4 is 4.90 Å². The fourth-order valence-corrected chi connectivity index (χ4v) is 4.16. The van der Waals surface area contributed by atoms with E-state index >= 15 is 0 Å². The number of nitro groups is 1. The first-order valence-corrected chi connectivity index (χ1v) is 9.02. The third kappa shape index (κ3) is 2.61. The number of carbonyl (C=O) groups is 3. The number of hydrogen-bond acceptors (Lipinski definition) is 7. The van der Waals surface area contributed by atoms with E-state index in [1.54, 1.807) is 20.8 Å². The molecule has 0 unspecified atom stereocenters. The highest BCUT2D eigenvalue weighted by molar-refractivity contribution is 6.25. The van der Waals surface area contributed by atoms with Gasteiger partial charge in [0.15, 0.2) is 11.3 Å². The van der Waals surface area contributed by atoms with Gasteiger partial charge in [-0.1, -0.05) is 0 Å². The summed E-state index contributed by atoms with van der Waals surface area (Å²) in [6.45, 7) is 7.36. The van der Waals surface area contributed by atoms with Gasteiger partial charge in [-0.2, -0.15) is 0 Å². The number of esters is 1. The van der Waals surface area contributed by atoms with E-state index in [0.29, 0.717) is 4.90 Å². The van der Waals surface area contributed by atoms with Crippen LogP contribution in [0.2, 0.25) is 0 Å². The van der Waals surface area contributed by atoms with E-state index in [0.717, 1.165) is 19.1 Å². The minimum Gasteiger partial charge on any atom is -0.466 e. The van der Waals surface area contributed by atoms with Gasteiger partial charge < -0.3 is 9.47 Å². The molecule has 1 aliphatic carbocycles. The molecule has 1 heterocycles. The van der Waals surface area contributed by atoms with E-state index in [2.05, 4.69) is 0 Å². The lowest BCUT2D eigenvalue weighted by Crippen LogP contribution is -2.44. The Kier molecular flexibility index (Phi) is 4.44. The molecular weight excluding hydrogens is 387 g/mol. The van der Waals surface area contributed by atoms with Crippen molar-refractivity contribution in [1.29, 1.82) is 0 Å². The number of benzene rings is 1. The average Bonchev–Trinajstić information content (AvgIpc) is 3.08. The maximum Gasteiger partial charge on any atom is 0.421 e. The molecule has 1 aromatic rings. The van der Waals surface area contributed by atoms with Crippen LogP contribution >= 0.6 is 0 Å². The van der Waals surface area contributed by atoms with E-state index in [1.165, 1.54) is 13.0 Å². The van der Waals surface area contributed by atoms with Gasteiger partial charge in [0.25, 0.3) is 11.4 Å².